The summed E-state index contributed by atoms with van der Waals surface area (Å²) in [6.45, 7) is 3.69. The number of fused-ring (bicyclic) bond motifs is 2. The average Bonchev–Trinajstić information content (AvgIpc) is 3.26. The number of nitrogens with zero attached hydrogens (tertiary/aromatic N) is 2. The van der Waals surface area contributed by atoms with Crippen molar-refractivity contribution in [1.82, 2.24) is 0 Å². The van der Waals surface area contributed by atoms with Crippen molar-refractivity contribution >= 4 is 55.2 Å². The Labute approximate surface area is 191 Å². The van der Waals surface area contributed by atoms with Crippen LogP contribution >= 0.6 is 23.1 Å². The standard InChI is InChI=1S/C23H24N2O3S3/c1-2-15-24-18-9-3-5-11-20(18)29-22(24)13-7-14-23-25(16-8-17-31(26,27)28)19-10-4-6-12-21(19)30-23/h3-7,9-14H,2,8,15-17H2,1H3/p+1. The Bertz CT molecular complexity index is 1250. The van der Waals surface area contributed by atoms with Gasteiger partial charge in [-0.1, -0.05) is 60.4 Å². The van der Waals surface area contributed by atoms with E-state index in [0.717, 1.165) is 28.2 Å². The highest BCUT2D eigenvalue weighted by molar-refractivity contribution is 8.03. The molecule has 0 amide bonds. The summed E-state index contributed by atoms with van der Waals surface area (Å²) in [5.74, 6) is -0.238. The summed E-state index contributed by atoms with van der Waals surface area (Å²) in [5.41, 5.74) is 2.33. The molecule has 1 aliphatic rings. The number of anilines is 1. The third kappa shape index (κ3) is 5.20. The summed E-state index contributed by atoms with van der Waals surface area (Å²) in [6.07, 6.45) is 7.73. The number of para-hydroxylation sites is 2. The molecular formula is C23H25N2O3S3+. The summed E-state index contributed by atoms with van der Waals surface area (Å²) in [7, 11) is -3.96. The Morgan fingerprint density at radius 2 is 1.90 bits per heavy atom. The Balaban J connectivity index is 1.60. The van der Waals surface area contributed by atoms with Crippen LogP contribution in [-0.4, -0.2) is 25.3 Å². The summed E-state index contributed by atoms with van der Waals surface area (Å²) < 4.78 is 34.6. The molecule has 0 aliphatic carbocycles. The fraction of sp³-hybridized carbons (Fsp3) is 0.261. The molecule has 2 aromatic carbocycles. The van der Waals surface area contributed by atoms with Gasteiger partial charge >= 0.3 is 0 Å². The van der Waals surface area contributed by atoms with Gasteiger partial charge in [-0.2, -0.15) is 13.0 Å². The van der Waals surface area contributed by atoms with Crippen LogP contribution < -0.4 is 9.47 Å². The van der Waals surface area contributed by atoms with Crippen LogP contribution in [0.25, 0.3) is 16.3 Å². The maximum Gasteiger partial charge on any atom is 0.265 e. The predicted octanol–water partition coefficient (Wildman–Crippen LogP) is 5.34. The maximum absolute atomic E-state index is 11.1. The van der Waals surface area contributed by atoms with Crippen LogP contribution in [0.15, 0.2) is 70.6 Å². The highest BCUT2D eigenvalue weighted by atomic mass is 32.2. The van der Waals surface area contributed by atoms with Gasteiger partial charge in [-0.3, -0.25) is 4.55 Å². The van der Waals surface area contributed by atoms with E-state index in [1.54, 1.807) is 23.1 Å². The van der Waals surface area contributed by atoms with Crippen molar-refractivity contribution in [2.45, 2.75) is 31.2 Å². The van der Waals surface area contributed by atoms with Crippen LogP contribution in [0.3, 0.4) is 0 Å². The quantitative estimate of drug-likeness (QED) is 0.353. The molecule has 0 radical (unpaired) electrons. The molecule has 0 unspecified atom stereocenters. The van der Waals surface area contributed by atoms with Crippen molar-refractivity contribution in [3.63, 3.8) is 0 Å². The van der Waals surface area contributed by atoms with Gasteiger partial charge in [0.05, 0.1) is 16.5 Å². The molecule has 162 valence electrons. The molecule has 4 rings (SSSR count). The Kier molecular flexibility index (Phi) is 6.81. The zero-order valence-electron chi connectivity index (χ0n) is 17.3. The highest BCUT2D eigenvalue weighted by Gasteiger charge is 2.23. The van der Waals surface area contributed by atoms with Crippen LogP contribution in [0.2, 0.25) is 0 Å². The lowest BCUT2D eigenvalue weighted by molar-refractivity contribution is -0.668. The number of benzene rings is 2. The van der Waals surface area contributed by atoms with E-state index >= 15 is 0 Å². The number of aromatic nitrogens is 1. The van der Waals surface area contributed by atoms with E-state index in [0.29, 0.717) is 13.0 Å². The van der Waals surface area contributed by atoms with Gasteiger partial charge in [0, 0.05) is 30.0 Å². The number of rotatable bonds is 8. The Hall–Kier alpha value is -2.13. The van der Waals surface area contributed by atoms with Crippen LogP contribution in [0.1, 0.15) is 24.8 Å². The number of thioether (sulfide) groups is 1. The van der Waals surface area contributed by atoms with Gasteiger partial charge < -0.3 is 4.90 Å². The van der Waals surface area contributed by atoms with Crippen molar-refractivity contribution in [2.24, 2.45) is 0 Å². The number of thiazole rings is 1. The zero-order valence-corrected chi connectivity index (χ0v) is 19.7. The van der Waals surface area contributed by atoms with Gasteiger partial charge in [-0.05, 0) is 30.7 Å². The first-order valence-corrected chi connectivity index (χ1v) is 13.5. The fourth-order valence-corrected chi connectivity index (χ4v) is 6.35. The summed E-state index contributed by atoms with van der Waals surface area (Å²) in [6, 6.07) is 16.6. The second-order valence-corrected chi connectivity index (χ2v) is 11.0. The molecule has 2 heterocycles. The number of allylic oxidation sites excluding steroid dienone is 2. The molecule has 0 atom stereocenters. The van der Waals surface area contributed by atoms with E-state index in [-0.39, 0.29) is 5.75 Å². The topological polar surface area (TPSA) is 61.5 Å². The number of hydrogen-bond donors (Lipinski definition) is 1. The average molecular weight is 474 g/mol. The van der Waals surface area contributed by atoms with Gasteiger partial charge in [-0.25, -0.2) is 0 Å². The van der Waals surface area contributed by atoms with Crippen LogP contribution in [0.4, 0.5) is 5.69 Å². The summed E-state index contributed by atoms with van der Waals surface area (Å²) in [5, 5.41) is 2.26. The monoisotopic (exact) mass is 473 g/mol. The van der Waals surface area contributed by atoms with Crippen molar-refractivity contribution in [3.8, 4) is 0 Å². The van der Waals surface area contributed by atoms with Crippen LogP contribution in [0, 0.1) is 0 Å². The summed E-state index contributed by atoms with van der Waals surface area (Å²) >= 11 is 3.46. The minimum absolute atomic E-state index is 0.238. The van der Waals surface area contributed by atoms with Crippen molar-refractivity contribution in [1.29, 1.82) is 0 Å². The molecule has 1 aliphatic heterocycles. The maximum atomic E-state index is 11.1. The minimum Gasteiger partial charge on any atom is -0.335 e. The van der Waals surface area contributed by atoms with Crippen molar-refractivity contribution < 1.29 is 17.5 Å². The molecule has 1 aromatic heterocycles. The van der Waals surface area contributed by atoms with Gasteiger partial charge in [0.15, 0.2) is 6.54 Å². The van der Waals surface area contributed by atoms with E-state index in [4.69, 9.17) is 4.55 Å². The van der Waals surface area contributed by atoms with Crippen molar-refractivity contribution in [2.75, 3.05) is 17.2 Å². The lowest BCUT2D eigenvalue weighted by Crippen LogP contribution is -2.35. The lowest BCUT2D eigenvalue weighted by Gasteiger charge is -2.19. The lowest BCUT2D eigenvalue weighted by atomic mass is 10.3. The van der Waals surface area contributed by atoms with E-state index in [9.17, 15) is 8.42 Å². The van der Waals surface area contributed by atoms with Gasteiger partial charge in [0.1, 0.15) is 4.70 Å². The molecule has 0 saturated carbocycles. The third-order valence-corrected chi connectivity index (χ3v) is 8.05. The number of hydrogen-bond acceptors (Lipinski definition) is 5. The molecule has 0 spiro atoms. The predicted molar refractivity (Wildman–Crippen MR) is 130 cm³/mol. The molecule has 5 nitrogen and oxygen atoms in total. The zero-order chi connectivity index (χ0) is 21.8. The summed E-state index contributed by atoms with van der Waals surface area (Å²) in [4.78, 5) is 3.63. The molecule has 0 saturated heterocycles. The normalized spacial score (nSPS) is 15.4. The van der Waals surface area contributed by atoms with Crippen LogP contribution in [0.5, 0.6) is 0 Å². The largest absolute Gasteiger partial charge is 0.335 e. The van der Waals surface area contributed by atoms with Gasteiger partial charge in [-0.15, -0.1) is 0 Å². The van der Waals surface area contributed by atoms with Gasteiger partial charge in [0.2, 0.25) is 5.52 Å². The molecule has 31 heavy (non-hydrogen) atoms. The SMILES string of the molecule is CCCN1/C(=C\C=C\c2sc3ccccc3[n+]2CCCS(=O)(=O)O)Sc2ccccc21. The van der Waals surface area contributed by atoms with Gasteiger partial charge in [0.25, 0.3) is 15.1 Å². The molecule has 1 N–H and O–H groups in total. The Morgan fingerprint density at radius 1 is 1.13 bits per heavy atom. The molecule has 0 fully saturated rings. The third-order valence-electron chi connectivity index (χ3n) is 4.98. The minimum atomic E-state index is -3.96. The first kappa shape index (κ1) is 22.1. The van der Waals surface area contributed by atoms with E-state index in [1.807, 2.05) is 18.2 Å². The van der Waals surface area contributed by atoms with E-state index < -0.39 is 10.1 Å². The Morgan fingerprint density at radius 3 is 2.71 bits per heavy atom. The number of aryl methyl sites for hydroxylation is 1. The first-order chi connectivity index (χ1) is 15.0. The smallest absolute Gasteiger partial charge is 0.265 e. The van der Waals surface area contributed by atoms with E-state index in [2.05, 4.69) is 65.0 Å². The van der Waals surface area contributed by atoms with Crippen LogP contribution in [-0.2, 0) is 16.7 Å². The molecule has 8 heteroatoms. The second kappa shape index (κ2) is 9.56. The second-order valence-electron chi connectivity index (χ2n) is 7.28. The molecular weight excluding hydrogens is 448 g/mol. The molecule has 0 bridgehead atoms. The highest BCUT2D eigenvalue weighted by Crippen LogP contribution is 2.45. The fourth-order valence-electron chi connectivity index (χ4n) is 3.66. The first-order valence-electron chi connectivity index (χ1n) is 10.3. The molecule has 3 aromatic rings. The van der Waals surface area contributed by atoms with Crippen molar-refractivity contribution in [3.05, 3.63) is 70.7 Å². The van der Waals surface area contributed by atoms with E-state index in [1.165, 1.54) is 15.6 Å².